The molecule has 5 nitrogen and oxygen atoms in total. The van der Waals surface area contributed by atoms with E-state index in [0.717, 1.165) is 38.8 Å². The van der Waals surface area contributed by atoms with E-state index in [2.05, 4.69) is 5.32 Å². The number of amides is 2. The first-order valence-corrected chi connectivity index (χ1v) is 7.89. The number of nitrogens with two attached hydrogens (primary N) is 1. The number of nitrogens with zero attached hydrogens (tertiary/aromatic N) is 1. The first-order valence-electron chi connectivity index (χ1n) is 7.89. The summed E-state index contributed by atoms with van der Waals surface area (Å²) in [6.07, 6.45) is 5.47. The van der Waals surface area contributed by atoms with Crippen LogP contribution in [-0.2, 0) is 9.59 Å². The Balaban J connectivity index is 2.15. The van der Waals surface area contributed by atoms with Crippen LogP contribution in [0.1, 0.15) is 58.8 Å². The molecule has 20 heavy (non-hydrogen) atoms. The maximum atomic E-state index is 11.8. The van der Waals surface area contributed by atoms with E-state index in [1.165, 1.54) is 0 Å². The van der Waals surface area contributed by atoms with Gasteiger partial charge < -0.3 is 16.0 Å². The second kappa shape index (κ2) is 8.95. The van der Waals surface area contributed by atoms with Gasteiger partial charge in [0.25, 0.3) is 0 Å². The maximum absolute atomic E-state index is 11.8. The zero-order valence-electron chi connectivity index (χ0n) is 12.9. The summed E-state index contributed by atoms with van der Waals surface area (Å²) in [6, 6.07) is 0.579. The van der Waals surface area contributed by atoms with E-state index in [0.29, 0.717) is 25.3 Å². The highest BCUT2D eigenvalue weighted by Crippen LogP contribution is 2.17. The van der Waals surface area contributed by atoms with Crippen LogP contribution in [0.5, 0.6) is 0 Å². The molecule has 1 rings (SSSR count). The van der Waals surface area contributed by atoms with E-state index in [1.807, 2.05) is 13.8 Å². The SMILES string of the molecule is CCN(CC)C(=O)CCCC(=O)NC1CCC(N)CC1. The Labute approximate surface area is 122 Å². The monoisotopic (exact) mass is 283 g/mol. The minimum Gasteiger partial charge on any atom is -0.353 e. The van der Waals surface area contributed by atoms with E-state index in [4.69, 9.17) is 5.73 Å². The molecule has 0 spiro atoms. The smallest absolute Gasteiger partial charge is 0.222 e. The van der Waals surface area contributed by atoms with Gasteiger partial charge in [-0.1, -0.05) is 0 Å². The van der Waals surface area contributed by atoms with Crippen molar-refractivity contribution < 1.29 is 9.59 Å². The average Bonchev–Trinajstić information content (AvgIpc) is 2.43. The third-order valence-corrected chi connectivity index (χ3v) is 4.05. The van der Waals surface area contributed by atoms with E-state index in [-0.39, 0.29) is 17.9 Å². The van der Waals surface area contributed by atoms with Gasteiger partial charge in [0.2, 0.25) is 11.8 Å². The van der Waals surface area contributed by atoms with Crippen LogP contribution < -0.4 is 11.1 Å². The summed E-state index contributed by atoms with van der Waals surface area (Å²) in [5, 5.41) is 3.05. The van der Waals surface area contributed by atoms with Crippen LogP contribution in [0.25, 0.3) is 0 Å². The molecule has 0 radical (unpaired) electrons. The molecule has 0 atom stereocenters. The number of hydrogen-bond donors (Lipinski definition) is 2. The fraction of sp³-hybridized carbons (Fsp3) is 0.867. The van der Waals surface area contributed by atoms with E-state index in [9.17, 15) is 9.59 Å². The molecule has 1 aliphatic carbocycles. The zero-order chi connectivity index (χ0) is 15.0. The summed E-state index contributed by atoms with van der Waals surface area (Å²) in [5.74, 6) is 0.212. The molecule has 0 aromatic carbocycles. The van der Waals surface area contributed by atoms with Crippen LogP contribution in [0.4, 0.5) is 0 Å². The van der Waals surface area contributed by atoms with Crippen LogP contribution in [0.2, 0.25) is 0 Å². The zero-order valence-corrected chi connectivity index (χ0v) is 12.9. The summed E-state index contributed by atoms with van der Waals surface area (Å²) in [7, 11) is 0. The van der Waals surface area contributed by atoms with E-state index in [1.54, 1.807) is 4.90 Å². The van der Waals surface area contributed by atoms with E-state index < -0.39 is 0 Å². The molecular weight excluding hydrogens is 254 g/mol. The van der Waals surface area contributed by atoms with Crippen LogP contribution in [0.15, 0.2) is 0 Å². The molecule has 0 aromatic heterocycles. The second-order valence-electron chi connectivity index (χ2n) is 5.60. The topological polar surface area (TPSA) is 75.4 Å². The van der Waals surface area contributed by atoms with Crippen LogP contribution in [-0.4, -0.2) is 41.9 Å². The van der Waals surface area contributed by atoms with Gasteiger partial charge in [0.1, 0.15) is 0 Å². The first-order chi connectivity index (χ1) is 9.56. The van der Waals surface area contributed by atoms with Gasteiger partial charge in [-0.3, -0.25) is 9.59 Å². The Morgan fingerprint density at radius 1 is 1.10 bits per heavy atom. The molecule has 0 saturated heterocycles. The lowest BCUT2D eigenvalue weighted by molar-refractivity contribution is -0.131. The lowest BCUT2D eigenvalue weighted by atomic mass is 9.92. The van der Waals surface area contributed by atoms with Gasteiger partial charge in [-0.05, 0) is 46.0 Å². The van der Waals surface area contributed by atoms with Crippen molar-refractivity contribution in [3.63, 3.8) is 0 Å². The van der Waals surface area contributed by atoms with Crippen molar-refractivity contribution in [2.75, 3.05) is 13.1 Å². The molecular formula is C15H29N3O2. The lowest BCUT2D eigenvalue weighted by Gasteiger charge is -2.26. The quantitative estimate of drug-likeness (QED) is 0.742. The summed E-state index contributed by atoms with van der Waals surface area (Å²) in [5.41, 5.74) is 5.84. The van der Waals surface area contributed by atoms with Gasteiger partial charge in [0.05, 0.1) is 0 Å². The highest BCUT2D eigenvalue weighted by Gasteiger charge is 2.20. The van der Waals surface area contributed by atoms with Crippen molar-refractivity contribution in [1.82, 2.24) is 10.2 Å². The van der Waals surface area contributed by atoms with Gasteiger partial charge in [0, 0.05) is 38.0 Å². The minimum atomic E-state index is 0.0674. The Morgan fingerprint density at radius 2 is 1.70 bits per heavy atom. The predicted octanol–water partition coefficient (Wildman–Crippen LogP) is 1.41. The number of rotatable bonds is 7. The van der Waals surface area contributed by atoms with Gasteiger partial charge in [-0.2, -0.15) is 0 Å². The predicted molar refractivity (Wildman–Crippen MR) is 80.2 cm³/mol. The number of carbonyl (C=O) groups excluding carboxylic acids is 2. The molecule has 0 aliphatic heterocycles. The summed E-state index contributed by atoms with van der Waals surface area (Å²) < 4.78 is 0. The average molecular weight is 283 g/mol. The molecule has 0 heterocycles. The van der Waals surface area contributed by atoms with Crippen LogP contribution >= 0.6 is 0 Å². The van der Waals surface area contributed by atoms with Gasteiger partial charge >= 0.3 is 0 Å². The Kier molecular flexibility index (Phi) is 7.59. The Morgan fingerprint density at radius 3 is 2.25 bits per heavy atom. The number of carbonyl (C=O) groups is 2. The molecule has 1 fully saturated rings. The summed E-state index contributed by atoms with van der Waals surface area (Å²) >= 11 is 0. The molecule has 3 N–H and O–H groups in total. The lowest BCUT2D eigenvalue weighted by Crippen LogP contribution is -2.40. The molecule has 1 saturated carbocycles. The molecule has 0 unspecified atom stereocenters. The highest BCUT2D eigenvalue weighted by molar-refractivity contribution is 5.79. The third kappa shape index (κ3) is 5.90. The van der Waals surface area contributed by atoms with Gasteiger partial charge in [-0.25, -0.2) is 0 Å². The van der Waals surface area contributed by atoms with Gasteiger partial charge in [-0.15, -0.1) is 0 Å². The van der Waals surface area contributed by atoms with Crippen molar-refractivity contribution >= 4 is 11.8 Å². The van der Waals surface area contributed by atoms with E-state index >= 15 is 0 Å². The molecule has 2 amide bonds. The minimum absolute atomic E-state index is 0.0674. The van der Waals surface area contributed by atoms with Gasteiger partial charge in [0.15, 0.2) is 0 Å². The number of hydrogen-bond acceptors (Lipinski definition) is 3. The Hall–Kier alpha value is -1.10. The Bertz CT molecular complexity index is 308. The standard InChI is InChI=1S/C15H29N3O2/c1-3-18(4-2)15(20)7-5-6-14(19)17-13-10-8-12(16)9-11-13/h12-13H,3-11,16H2,1-2H3,(H,17,19). The molecule has 5 heteroatoms. The van der Waals surface area contributed by atoms with Crippen LogP contribution in [0.3, 0.4) is 0 Å². The fourth-order valence-corrected chi connectivity index (χ4v) is 2.70. The van der Waals surface area contributed by atoms with Crippen molar-refractivity contribution in [3.8, 4) is 0 Å². The van der Waals surface area contributed by atoms with Crippen molar-refractivity contribution in [2.45, 2.75) is 70.9 Å². The van der Waals surface area contributed by atoms with Crippen molar-refractivity contribution in [1.29, 1.82) is 0 Å². The molecule has 0 aromatic rings. The fourth-order valence-electron chi connectivity index (χ4n) is 2.70. The normalized spacial score (nSPS) is 22.4. The first kappa shape index (κ1) is 17.0. The van der Waals surface area contributed by atoms with Crippen molar-refractivity contribution in [2.24, 2.45) is 5.73 Å². The maximum Gasteiger partial charge on any atom is 0.222 e. The highest BCUT2D eigenvalue weighted by atomic mass is 16.2. The summed E-state index contributed by atoms with van der Waals surface area (Å²) in [4.78, 5) is 25.4. The van der Waals surface area contributed by atoms with Crippen LogP contribution in [0, 0.1) is 0 Å². The summed E-state index contributed by atoms with van der Waals surface area (Å²) in [6.45, 7) is 5.43. The number of nitrogens with one attached hydrogen (secondary N) is 1. The third-order valence-electron chi connectivity index (χ3n) is 4.05. The largest absolute Gasteiger partial charge is 0.353 e. The molecule has 1 aliphatic rings. The molecule has 116 valence electrons. The molecule has 0 bridgehead atoms. The second-order valence-corrected chi connectivity index (χ2v) is 5.60. The van der Waals surface area contributed by atoms with Crippen molar-refractivity contribution in [3.05, 3.63) is 0 Å².